The first-order valence-corrected chi connectivity index (χ1v) is 5.56. The van der Waals surface area contributed by atoms with Gasteiger partial charge in [-0.25, -0.2) is 0 Å². The van der Waals surface area contributed by atoms with Gasteiger partial charge in [-0.05, 0) is 18.6 Å². The molecule has 0 saturated carbocycles. The monoisotopic (exact) mass is 262 g/mol. The predicted molar refractivity (Wildman–Crippen MR) is 56.7 cm³/mol. The molecule has 1 N–H and O–H groups in total. The Bertz CT molecular complexity index is 406. The first kappa shape index (κ1) is 13.3. The standard InChI is InChI=1S/C12H13F3O3/c13-12(14,15)9-3-1-2-8(6-9)11-17-7-10(18-11)4-5-16/h1-3,6,10-11,16H,4-5,7H2. The zero-order valence-electron chi connectivity index (χ0n) is 9.48. The van der Waals surface area contributed by atoms with Gasteiger partial charge in [0.15, 0.2) is 6.29 Å². The van der Waals surface area contributed by atoms with Crippen LogP contribution in [0.25, 0.3) is 0 Å². The van der Waals surface area contributed by atoms with Gasteiger partial charge in [0, 0.05) is 12.2 Å². The number of halogens is 3. The quantitative estimate of drug-likeness (QED) is 0.909. The number of hydrogen-bond acceptors (Lipinski definition) is 3. The molecule has 1 heterocycles. The van der Waals surface area contributed by atoms with Crippen LogP contribution in [0.2, 0.25) is 0 Å². The predicted octanol–water partition coefficient (Wildman–Crippen LogP) is 2.50. The summed E-state index contributed by atoms with van der Waals surface area (Å²) in [6, 6.07) is 4.88. The zero-order chi connectivity index (χ0) is 13.2. The van der Waals surface area contributed by atoms with Crippen LogP contribution >= 0.6 is 0 Å². The second-order valence-corrected chi connectivity index (χ2v) is 4.06. The van der Waals surface area contributed by atoms with Crippen molar-refractivity contribution in [1.29, 1.82) is 0 Å². The summed E-state index contributed by atoms with van der Waals surface area (Å²) >= 11 is 0. The highest BCUT2D eigenvalue weighted by Crippen LogP contribution is 2.33. The van der Waals surface area contributed by atoms with Crippen LogP contribution in [0.1, 0.15) is 23.8 Å². The minimum Gasteiger partial charge on any atom is -0.396 e. The van der Waals surface area contributed by atoms with E-state index in [9.17, 15) is 13.2 Å². The maximum atomic E-state index is 12.5. The highest BCUT2D eigenvalue weighted by atomic mass is 19.4. The van der Waals surface area contributed by atoms with E-state index in [1.54, 1.807) is 0 Å². The van der Waals surface area contributed by atoms with Crippen LogP contribution in [0.4, 0.5) is 13.2 Å². The van der Waals surface area contributed by atoms with Gasteiger partial charge in [-0.15, -0.1) is 0 Å². The van der Waals surface area contributed by atoms with Gasteiger partial charge in [-0.3, -0.25) is 0 Å². The van der Waals surface area contributed by atoms with Gasteiger partial charge in [0.2, 0.25) is 0 Å². The lowest BCUT2D eigenvalue weighted by atomic mass is 10.1. The van der Waals surface area contributed by atoms with Crippen molar-refractivity contribution in [2.75, 3.05) is 13.2 Å². The summed E-state index contributed by atoms with van der Waals surface area (Å²) in [5, 5.41) is 8.75. The molecule has 100 valence electrons. The molecular weight excluding hydrogens is 249 g/mol. The molecule has 0 spiro atoms. The summed E-state index contributed by atoms with van der Waals surface area (Å²) in [4.78, 5) is 0. The van der Waals surface area contributed by atoms with Crippen LogP contribution in [-0.2, 0) is 15.7 Å². The van der Waals surface area contributed by atoms with Gasteiger partial charge in [0.25, 0.3) is 0 Å². The Hall–Kier alpha value is -1.11. The second-order valence-electron chi connectivity index (χ2n) is 4.06. The van der Waals surface area contributed by atoms with E-state index in [0.717, 1.165) is 12.1 Å². The number of aliphatic hydroxyl groups excluding tert-OH is 1. The topological polar surface area (TPSA) is 38.7 Å². The molecule has 2 rings (SSSR count). The molecule has 1 fully saturated rings. The average molecular weight is 262 g/mol. The van der Waals surface area contributed by atoms with Crippen LogP contribution < -0.4 is 0 Å². The molecular formula is C12H13F3O3. The molecule has 0 amide bonds. The molecule has 2 unspecified atom stereocenters. The van der Waals surface area contributed by atoms with E-state index in [0.29, 0.717) is 12.0 Å². The smallest absolute Gasteiger partial charge is 0.396 e. The molecule has 2 atom stereocenters. The van der Waals surface area contributed by atoms with E-state index in [2.05, 4.69) is 0 Å². The Morgan fingerprint density at radius 3 is 2.78 bits per heavy atom. The van der Waals surface area contributed by atoms with E-state index in [1.807, 2.05) is 0 Å². The van der Waals surface area contributed by atoms with E-state index in [4.69, 9.17) is 14.6 Å². The molecule has 0 radical (unpaired) electrons. The summed E-state index contributed by atoms with van der Waals surface area (Å²) < 4.78 is 48.3. The summed E-state index contributed by atoms with van der Waals surface area (Å²) in [5.41, 5.74) is -0.386. The molecule has 6 heteroatoms. The van der Waals surface area contributed by atoms with Crippen molar-refractivity contribution < 1.29 is 27.8 Å². The van der Waals surface area contributed by atoms with Crippen LogP contribution in [0, 0.1) is 0 Å². The first-order chi connectivity index (χ1) is 8.50. The van der Waals surface area contributed by atoms with E-state index < -0.39 is 18.0 Å². The summed E-state index contributed by atoms with van der Waals surface area (Å²) in [6.45, 7) is 0.241. The van der Waals surface area contributed by atoms with Gasteiger partial charge in [0.05, 0.1) is 18.3 Å². The Morgan fingerprint density at radius 2 is 2.11 bits per heavy atom. The van der Waals surface area contributed by atoms with Crippen LogP contribution in [0.3, 0.4) is 0 Å². The van der Waals surface area contributed by atoms with Crippen molar-refractivity contribution in [3.63, 3.8) is 0 Å². The minimum absolute atomic E-state index is 0.0384. The summed E-state index contributed by atoms with van der Waals surface area (Å²) in [7, 11) is 0. The van der Waals surface area contributed by atoms with Crippen molar-refractivity contribution >= 4 is 0 Å². The maximum Gasteiger partial charge on any atom is 0.416 e. The van der Waals surface area contributed by atoms with Crippen LogP contribution in [-0.4, -0.2) is 24.4 Å². The molecule has 0 bridgehead atoms. The normalized spacial score (nSPS) is 24.4. The molecule has 18 heavy (non-hydrogen) atoms. The average Bonchev–Trinajstić information content (AvgIpc) is 2.77. The summed E-state index contributed by atoms with van der Waals surface area (Å²) in [6.07, 6.45) is -5.02. The summed E-state index contributed by atoms with van der Waals surface area (Å²) in [5.74, 6) is 0. The minimum atomic E-state index is -4.38. The molecule has 1 aromatic rings. The Labute approximate surface area is 102 Å². The lowest BCUT2D eigenvalue weighted by Gasteiger charge is -2.13. The lowest BCUT2D eigenvalue weighted by Crippen LogP contribution is -2.11. The first-order valence-electron chi connectivity index (χ1n) is 5.56. The van der Waals surface area contributed by atoms with Crippen molar-refractivity contribution in [3.8, 4) is 0 Å². The van der Waals surface area contributed by atoms with Crippen LogP contribution in [0.15, 0.2) is 24.3 Å². The number of benzene rings is 1. The van der Waals surface area contributed by atoms with Gasteiger partial charge in [-0.2, -0.15) is 13.2 Å². The van der Waals surface area contributed by atoms with E-state index in [-0.39, 0.29) is 19.3 Å². The maximum absolute atomic E-state index is 12.5. The molecule has 0 aromatic heterocycles. The molecule has 1 saturated heterocycles. The fourth-order valence-corrected chi connectivity index (χ4v) is 1.78. The molecule has 0 aliphatic carbocycles. The molecule has 1 aromatic carbocycles. The van der Waals surface area contributed by atoms with Crippen LogP contribution in [0.5, 0.6) is 0 Å². The largest absolute Gasteiger partial charge is 0.416 e. The van der Waals surface area contributed by atoms with Gasteiger partial charge < -0.3 is 14.6 Å². The Balaban J connectivity index is 2.10. The number of ether oxygens (including phenoxy) is 2. The fraction of sp³-hybridized carbons (Fsp3) is 0.500. The fourth-order valence-electron chi connectivity index (χ4n) is 1.78. The number of rotatable bonds is 3. The van der Waals surface area contributed by atoms with E-state index >= 15 is 0 Å². The Kier molecular flexibility index (Phi) is 3.89. The second kappa shape index (κ2) is 5.26. The van der Waals surface area contributed by atoms with Crippen molar-refractivity contribution in [3.05, 3.63) is 35.4 Å². The third kappa shape index (κ3) is 3.01. The van der Waals surface area contributed by atoms with Crippen molar-refractivity contribution in [2.45, 2.75) is 25.0 Å². The zero-order valence-corrected chi connectivity index (χ0v) is 9.48. The highest BCUT2D eigenvalue weighted by molar-refractivity contribution is 5.26. The molecule has 1 aliphatic heterocycles. The third-order valence-electron chi connectivity index (χ3n) is 2.69. The number of aliphatic hydroxyl groups is 1. The van der Waals surface area contributed by atoms with Crippen molar-refractivity contribution in [2.24, 2.45) is 0 Å². The van der Waals surface area contributed by atoms with Crippen molar-refractivity contribution in [1.82, 2.24) is 0 Å². The lowest BCUT2D eigenvalue weighted by molar-refractivity contribution is -0.137. The van der Waals surface area contributed by atoms with Gasteiger partial charge >= 0.3 is 6.18 Å². The highest BCUT2D eigenvalue weighted by Gasteiger charge is 2.32. The third-order valence-corrected chi connectivity index (χ3v) is 2.69. The SMILES string of the molecule is OCCC1COC(c2cccc(C(F)(F)F)c2)O1. The number of alkyl halides is 3. The Morgan fingerprint density at radius 1 is 1.33 bits per heavy atom. The van der Waals surface area contributed by atoms with Gasteiger partial charge in [-0.1, -0.05) is 12.1 Å². The van der Waals surface area contributed by atoms with E-state index in [1.165, 1.54) is 12.1 Å². The number of hydrogen-bond donors (Lipinski definition) is 1. The molecule has 1 aliphatic rings. The van der Waals surface area contributed by atoms with Gasteiger partial charge in [0.1, 0.15) is 0 Å². The molecule has 3 nitrogen and oxygen atoms in total.